The van der Waals surface area contributed by atoms with Crippen LogP contribution in [0.4, 0.5) is 11.5 Å². The summed E-state index contributed by atoms with van der Waals surface area (Å²) in [4.78, 5) is 29.0. The molecule has 2 amide bonds. The zero-order valence-electron chi connectivity index (χ0n) is 13.1. The first-order valence-corrected chi connectivity index (χ1v) is 8.60. The lowest BCUT2D eigenvalue weighted by atomic mass is 10.1. The summed E-state index contributed by atoms with van der Waals surface area (Å²) in [7, 11) is 0. The highest BCUT2D eigenvalue weighted by atomic mass is 127. The molecular formula is C19H14IN3O2. The number of anilines is 2. The fourth-order valence-corrected chi connectivity index (χ4v) is 2.78. The molecule has 0 saturated heterocycles. The van der Waals surface area contributed by atoms with Gasteiger partial charge in [0.15, 0.2) is 0 Å². The van der Waals surface area contributed by atoms with Crippen molar-refractivity contribution in [3.63, 3.8) is 0 Å². The minimum absolute atomic E-state index is 0.267. The fraction of sp³-hybridized carbons (Fsp3) is 0. The Morgan fingerprint density at radius 2 is 1.64 bits per heavy atom. The highest BCUT2D eigenvalue weighted by Gasteiger charge is 2.14. The summed E-state index contributed by atoms with van der Waals surface area (Å²) in [5, 5.41) is 5.52. The molecule has 2 N–H and O–H groups in total. The van der Waals surface area contributed by atoms with Crippen molar-refractivity contribution in [2.45, 2.75) is 0 Å². The molecule has 1 heterocycles. The lowest BCUT2D eigenvalue weighted by Crippen LogP contribution is -2.18. The number of amides is 2. The summed E-state index contributed by atoms with van der Waals surface area (Å²) in [5.74, 6) is -0.153. The predicted molar refractivity (Wildman–Crippen MR) is 106 cm³/mol. The molecule has 0 saturated carbocycles. The Labute approximate surface area is 158 Å². The van der Waals surface area contributed by atoms with Crippen LogP contribution in [0.15, 0.2) is 72.9 Å². The van der Waals surface area contributed by atoms with E-state index in [1.54, 1.807) is 60.8 Å². The number of hydrogen-bond acceptors (Lipinski definition) is 3. The van der Waals surface area contributed by atoms with Crippen molar-refractivity contribution in [3.8, 4) is 0 Å². The quantitative estimate of drug-likeness (QED) is 0.595. The lowest BCUT2D eigenvalue weighted by molar-refractivity contribution is 0.102. The van der Waals surface area contributed by atoms with Crippen LogP contribution >= 0.6 is 22.6 Å². The Kier molecular flexibility index (Phi) is 5.39. The number of para-hydroxylation sites is 1. The number of rotatable bonds is 4. The average molecular weight is 443 g/mol. The van der Waals surface area contributed by atoms with E-state index >= 15 is 0 Å². The zero-order valence-corrected chi connectivity index (χ0v) is 15.2. The van der Waals surface area contributed by atoms with Crippen LogP contribution in [0.25, 0.3) is 0 Å². The Balaban J connectivity index is 1.81. The molecule has 0 unspecified atom stereocenters. The molecule has 0 aliphatic carbocycles. The number of nitrogens with zero attached hydrogens (tertiary/aromatic N) is 1. The van der Waals surface area contributed by atoms with Crippen LogP contribution in [0, 0.1) is 3.57 Å². The molecule has 3 rings (SSSR count). The number of carbonyl (C=O) groups excluding carboxylic acids is 2. The maximum Gasteiger partial charge on any atom is 0.258 e. The van der Waals surface area contributed by atoms with Crippen molar-refractivity contribution >= 4 is 45.9 Å². The fourth-order valence-electron chi connectivity index (χ4n) is 2.23. The molecule has 0 aliphatic rings. The van der Waals surface area contributed by atoms with E-state index in [4.69, 9.17) is 0 Å². The number of halogens is 1. The Hall–Kier alpha value is -2.74. The molecule has 3 aromatic rings. The van der Waals surface area contributed by atoms with E-state index in [1.165, 1.54) is 0 Å². The van der Waals surface area contributed by atoms with E-state index in [0.29, 0.717) is 22.6 Å². The van der Waals surface area contributed by atoms with Gasteiger partial charge >= 0.3 is 0 Å². The minimum atomic E-state index is -0.336. The van der Waals surface area contributed by atoms with Crippen LogP contribution in [-0.4, -0.2) is 16.8 Å². The number of pyridine rings is 1. The summed E-state index contributed by atoms with van der Waals surface area (Å²) >= 11 is 2.15. The van der Waals surface area contributed by atoms with Crippen molar-refractivity contribution in [2.24, 2.45) is 0 Å². The zero-order chi connectivity index (χ0) is 17.6. The monoisotopic (exact) mass is 443 g/mol. The smallest absolute Gasteiger partial charge is 0.258 e. The molecule has 0 atom stereocenters. The second kappa shape index (κ2) is 7.89. The molecule has 124 valence electrons. The van der Waals surface area contributed by atoms with Gasteiger partial charge in [0.2, 0.25) is 0 Å². The molecule has 6 heteroatoms. The molecule has 2 aromatic carbocycles. The maximum absolute atomic E-state index is 12.5. The van der Waals surface area contributed by atoms with Crippen LogP contribution in [0.3, 0.4) is 0 Å². The van der Waals surface area contributed by atoms with Gasteiger partial charge in [-0.05, 0) is 65.1 Å². The molecule has 25 heavy (non-hydrogen) atoms. The highest BCUT2D eigenvalue weighted by Crippen LogP contribution is 2.18. The van der Waals surface area contributed by atoms with Gasteiger partial charge in [0.1, 0.15) is 5.82 Å². The summed E-state index contributed by atoms with van der Waals surface area (Å²) < 4.78 is 0.964. The van der Waals surface area contributed by atoms with Crippen LogP contribution in [0.1, 0.15) is 20.7 Å². The van der Waals surface area contributed by atoms with Crippen molar-refractivity contribution in [3.05, 3.63) is 87.6 Å². The molecule has 1 aromatic heterocycles. The van der Waals surface area contributed by atoms with Gasteiger partial charge in [-0.2, -0.15) is 0 Å². The predicted octanol–water partition coefficient (Wildman–Crippen LogP) is 4.19. The average Bonchev–Trinajstić information content (AvgIpc) is 2.63. The molecule has 0 bridgehead atoms. The number of benzene rings is 2. The number of carbonyl (C=O) groups is 2. The van der Waals surface area contributed by atoms with Crippen molar-refractivity contribution in [1.82, 2.24) is 4.98 Å². The Bertz CT molecular complexity index is 913. The second-order valence-corrected chi connectivity index (χ2v) is 6.42. The van der Waals surface area contributed by atoms with Crippen LogP contribution in [0.2, 0.25) is 0 Å². The highest BCUT2D eigenvalue weighted by molar-refractivity contribution is 14.1. The van der Waals surface area contributed by atoms with Crippen LogP contribution in [-0.2, 0) is 0 Å². The van der Waals surface area contributed by atoms with E-state index in [9.17, 15) is 9.59 Å². The Morgan fingerprint density at radius 1 is 0.840 bits per heavy atom. The summed E-state index contributed by atoms with van der Waals surface area (Å²) in [5.41, 5.74) is 1.35. The Morgan fingerprint density at radius 3 is 2.40 bits per heavy atom. The first-order chi connectivity index (χ1) is 12.1. The third kappa shape index (κ3) is 4.42. The van der Waals surface area contributed by atoms with Gasteiger partial charge in [0.25, 0.3) is 11.8 Å². The molecule has 0 spiro atoms. The number of aromatic nitrogens is 1. The lowest BCUT2D eigenvalue weighted by Gasteiger charge is -2.11. The van der Waals surface area contributed by atoms with Gasteiger partial charge in [-0.1, -0.05) is 24.3 Å². The van der Waals surface area contributed by atoms with E-state index < -0.39 is 0 Å². The van der Waals surface area contributed by atoms with Gasteiger partial charge in [-0.3, -0.25) is 9.59 Å². The van der Waals surface area contributed by atoms with Gasteiger partial charge < -0.3 is 10.6 Å². The summed E-state index contributed by atoms with van der Waals surface area (Å²) in [6.07, 6.45) is 1.60. The van der Waals surface area contributed by atoms with Crippen LogP contribution < -0.4 is 10.6 Å². The standard InChI is InChI=1S/C19H14IN3O2/c20-14-7-5-6-13(12-14)18(24)22-16-9-2-1-8-15(16)19(25)23-17-10-3-4-11-21-17/h1-12H,(H,22,24)(H,21,23,25). The number of nitrogens with one attached hydrogen (secondary N) is 2. The van der Waals surface area contributed by atoms with E-state index in [-0.39, 0.29) is 11.8 Å². The van der Waals surface area contributed by atoms with E-state index in [2.05, 4.69) is 38.2 Å². The largest absolute Gasteiger partial charge is 0.321 e. The first-order valence-electron chi connectivity index (χ1n) is 7.52. The summed E-state index contributed by atoms with van der Waals surface area (Å²) in [6.45, 7) is 0. The maximum atomic E-state index is 12.5. The SMILES string of the molecule is O=C(Nc1ccccc1C(=O)Nc1ccccn1)c1cccc(I)c1. The normalized spacial score (nSPS) is 10.1. The van der Waals surface area contributed by atoms with E-state index in [1.807, 2.05) is 12.1 Å². The van der Waals surface area contributed by atoms with Gasteiger partial charge in [0, 0.05) is 15.3 Å². The van der Waals surface area contributed by atoms with Crippen molar-refractivity contribution in [1.29, 1.82) is 0 Å². The summed E-state index contributed by atoms with van der Waals surface area (Å²) in [6, 6.07) is 19.4. The topological polar surface area (TPSA) is 71.1 Å². The molecule has 0 fully saturated rings. The minimum Gasteiger partial charge on any atom is -0.321 e. The van der Waals surface area contributed by atoms with Gasteiger partial charge in [-0.15, -0.1) is 0 Å². The van der Waals surface area contributed by atoms with E-state index in [0.717, 1.165) is 3.57 Å². The third-order valence-corrected chi connectivity index (χ3v) is 4.08. The second-order valence-electron chi connectivity index (χ2n) is 5.18. The van der Waals surface area contributed by atoms with Crippen molar-refractivity contribution in [2.75, 3.05) is 10.6 Å². The molecule has 0 radical (unpaired) electrons. The molecule has 5 nitrogen and oxygen atoms in total. The van der Waals surface area contributed by atoms with Crippen LogP contribution in [0.5, 0.6) is 0 Å². The molecule has 0 aliphatic heterocycles. The molecular weight excluding hydrogens is 429 g/mol. The first kappa shape index (κ1) is 17.1. The number of hydrogen-bond donors (Lipinski definition) is 2. The van der Waals surface area contributed by atoms with Gasteiger partial charge in [-0.25, -0.2) is 4.98 Å². The van der Waals surface area contributed by atoms with Crippen molar-refractivity contribution < 1.29 is 9.59 Å². The third-order valence-electron chi connectivity index (χ3n) is 3.41. The van der Waals surface area contributed by atoms with Gasteiger partial charge in [0.05, 0.1) is 11.3 Å².